The van der Waals surface area contributed by atoms with Gasteiger partial charge in [0.15, 0.2) is 0 Å². The summed E-state index contributed by atoms with van der Waals surface area (Å²) in [6.07, 6.45) is 0.0682. The van der Waals surface area contributed by atoms with E-state index >= 15 is 0 Å². The van der Waals surface area contributed by atoms with Gasteiger partial charge in [0.25, 0.3) is 5.91 Å². The molecular formula is C20H20N2O2S. The van der Waals surface area contributed by atoms with E-state index in [0.29, 0.717) is 24.2 Å². The lowest BCUT2D eigenvalue weighted by molar-refractivity contribution is -0.0586. The molecule has 0 unspecified atom stereocenters. The van der Waals surface area contributed by atoms with Crippen LogP contribution in [0.5, 0.6) is 0 Å². The number of hydrogen-bond acceptors (Lipinski definition) is 4. The largest absolute Gasteiger partial charge is 0.372 e. The Morgan fingerprint density at radius 1 is 1.08 bits per heavy atom. The standard InChI is InChI=1S/C20H20N2O2S/c1-14-12-22(13-15(2)24-14)20(23)17-8-4-6-10-19(17)25-18-9-5-3-7-16(18)11-21/h3-10,14-15H,12-13H2,1-2H3/t14-,15-/m0/s1. The summed E-state index contributed by atoms with van der Waals surface area (Å²) in [4.78, 5) is 16.6. The lowest BCUT2D eigenvalue weighted by Gasteiger charge is -2.35. The van der Waals surface area contributed by atoms with Gasteiger partial charge >= 0.3 is 0 Å². The predicted molar refractivity (Wildman–Crippen MR) is 97.6 cm³/mol. The fourth-order valence-corrected chi connectivity index (χ4v) is 4.03. The molecule has 5 heteroatoms. The number of nitriles is 1. The van der Waals surface area contributed by atoms with Crippen molar-refractivity contribution in [1.82, 2.24) is 4.90 Å². The molecule has 1 fully saturated rings. The monoisotopic (exact) mass is 352 g/mol. The molecule has 0 spiro atoms. The van der Waals surface area contributed by atoms with Gasteiger partial charge in [-0.1, -0.05) is 36.0 Å². The maximum Gasteiger partial charge on any atom is 0.255 e. The van der Waals surface area contributed by atoms with Gasteiger partial charge < -0.3 is 9.64 Å². The number of carbonyl (C=O) groups is 1. The number of hydrogen-bond donors (Lipinski definition) is 0. The van der Waals surface area contributed by atoms with Crippen LogP contribution in [0.15, 0.2) is 58.3 Å². The Morgan fingerprint density at radius 3 is 2.36 bits per heavy atom. The van der Waals surface area contributed by atoms with Crippen LogP contribution in [-0.2, 0) is 4.74 Å². The molecule has 2 aromatic carbocycles. The van der Waals surface area contributed by atoms with Crippen LogP contribution in [0.1, 0.15) is 29.8 Å². The third kappa shape index (κ3) is 4.04. The molecule has 1 aliphatic rings. The molecule has 0 N–H and O–H groups in total. The van der Waals surface area contributed by atoms with Crippen molar-refractivity contribution in [3.63, 3.8) is 0 Å². The van der Waals surface area contributed by atoms with Crippen LogP contribution < -0.4 is 0 Å². The average molecular weight is 352 g/mol. The topological polar surface area (TPSA) is 53.3 Å². The van der Waals surface area contributed by atoms with Gasteiger partial charge in [-0.3, -0.25) is 4.79 Å². The Hall–Kier alpha value is -2.29. The molecule has 0 bridgehead atoms. The minimum absolute atomic E-state index is 0.0135. The first-order valence-electron chi connectivity index (χ1n) is 8.29. The van der Waals surface area contributed by atoms with E-state index in [1.54, 1.807) is 6.07 Å². The highest BCUT2D eigenvalue weighted by atomic mass is 32.2. The molecule has 1 heterocycles. The van der Waals surface area contributed by atoms with Gasteiger partial charge in [0, 0.05) is 22.9 Å². The van der Waals surface area contributed by atoms with E-state index in [1.807, 2.05) is 61.2 Å². The SMILES string of the molecule is C[C@H]1CN(C(=O)c2ccccc2Sc2ccccc2C#N)C[C@H](C)O1. The van der Waals surface area contributed by atoms with Crippen LogP contribution in [-0.4, -0.2) is 36.1 Å². The summed E-state index contributed by atoms with van der Waals surface area (Å²) in [7, 11) is 0. The van der Waals surface area contributed by atoms with E-state index in [0.717, 1.165) is 9.79 Å². The van der Waals surface area contributed by atoms with Crippen LogP contribution >= 0.6 is 11.8 Å². The van der Waals surface area contributed by atoms with E-state index in [9.17, 15) is 10.1 Å². The maximum absolute atomic E-state index is 13.0. The van der Waals surface area contributed by atoms with Crippen LogP contribution in [0.3, 0.4) is 0 Å². The number of ether oxygens (including phenoxy) is 1. The Balaban J connectivity index is 1.88. The molecule has 3 rings (SSSR count). The summed E-state index contributed by atoms with van der Waals surface area (Å²) in [6, 6.07) is 17.2. The Kier molecular flexibility index (Phi) is 5.42. The fourth-order valence-electron chi connectivity index (χ4n) is 3.01. The second kappa shape index (κ2) is 7.73. The zero-order chi connectivity index (χ0) is 17.8. The zero-order valence-electron chi connectivity index (χ0n) is 14.3. The zero-order valence-corrected chi connectivity index (χ0v) is 15.1. The molecule has 0 saturated carbocycles. The molecular weight excluding hydrogens is 332 g/mol. The van der Waals surface area contributed by atoms with Crippen molar-refractivity contribution in [2.45, 2.75) is 35.8 Å². The normalized spacial score (nSPS) is 20.1. The highest BCUT2D eigenvalue weighted by molar-refractivity contribution is 7.99. The van der Waals surface area contributed by atoms with E-state index in [2.05, 4.69) is 6.07 Å². The number of morpholine rings is 1. The highest BCUT2D eigenvalue weighted by Crippen LogP contribution is 2.33. The maximum atomic E-state index is 13.0. The molecule has 0 radical (unpaired) electrons. The lowest BCUT2D eigenvalue weighted by atomic mass is 10.1. The third-order valence-corrected chi connectivity index (χ3v) is 5.20. The minimum atomic E-state index is 0.0135. The van der Waals surface area contributed by atoms with Crippen LogP contribution in [0.4, 0.5) is 0 Å². The fraction of sp³-hybridized carbons (Fsp3) is 0.300. The summed E-state index contributed by atoms with van der Waals surface area (Å²) >= 11 is 1.46. The Labute approximate surface area is 152 Å². The van der Waals surface area contributed by atoms with Crippen molar-refractivity contribution in [2.75, 3.05) is 13.1 Å². The van der Waals surface area contributed by atoms with Crippen LogP contribution in [0.25, 0.3) is 0 Å². The van der Waals surface area contributed by atoms with Crippen molar-refractivity contribution in [3.8, 4) is 6.07 Å². The molecule has 1 aliphatic heterocycles. The molecule has 0 aliphatic carbocycles. The van der Waals surface area contributed by atoms with Gasteiger partial charge in [0.05, 0.1) is 23.3 Å². The number of nitrogens with zero attached hydrogens (tertiary/aromatic N) is 2. The van der Waals surface area contributed by atoms with E-state index in [-0.39, 0.29) is 18.1 Å². The number of carbonyl (C=O) groups excluding carboxylic acids is 1. The second-order valence-electron chi connectivity index (χ2n) is 6.17. The van der Waals surface area contributed by atoms with Gasteiger partial charge in [0.1, 0.15) is 6.07 Å². The summed E-state index contributed by atoms with van der Waals surface area (Å²) in [5.74, 6) is 0.0135. The number of benzene rings is 2. The first kappa shape index (κ1) is 17.5. The molecule has 2 aromatic rings. The Morgan fingerprint density at radius 2 is 1.68 bits per heavy atom. The molecule has 25 heavy (non-hydrogen) atoms. The van der Waals surface area contributed by atoms with Gasteiger partial charge in [0.2, 0.25) is 0 Å². The smallest absolute Gasteiger partial charge is 0.255 e. The first-order chi connectivity index (χ1) is 12.1. The van der Waals surface area contributed by atoms with Crippen LogP contribution in [0, 0.1) is 11.3 Å². The second-order valence-corrected chi connectivity index (χ2v) is 7.26. The van der Waals surface area contributed by atoms with Gasteiger partial charge in [-0.25, -0.2) is 0 Å². The molecule has 128 valence electrons. The van der Waals surface area contributed by atoms with Crippen molar-refractivity contribution in [1.29, 1.82) is 5.26 Å². The minimum Gasteiger partial charge on any atom is -0.372 e. The number of rotatable bonds is 3. The van der Waals surface area contributed by atoms with Crippen molar-refractivity contribution in [2.24, 2.45) is 0 Å². The predicted octanol–water partition coefficient (Wildman–Crippen LogP) is 3.96. The van der Waals surface area contributed by atoms with Crippen molar-refractivity contribution in [3.05, 3.63) is 59.7 Å². The van der Waals surface area contributed by atoms with Gasteiger partial charge in [-0.15, -0.1) is 0 Å². The molecule has 4 nitrogen and oxygen atoms in total. The van der Waals surface area contributed by atoms with Crippen LogP contribution in [0.2, 0.25) is 0 Å². The third-order valence-electron chi connectivity index (χ3n) is 4.05. The molecule has 0 aromatic heterocycles. The summed E-state index contributed by atoms with van der Waals surface area (Å²) in [5, 5.41) is 9.28. The lowest BCUT2D eigenvalue weighted by Crippen LogP contribution is -2.48. The highest BCUT2D eigenvalue weighted by Gasteiger charge is 2.27. The average Bonchev–Trinajstić information content (AvgIpc) is 2.61. The summed E-state index contributed by atoms with van der Waals surface area (Å²) in [5.41, 5.74) is 1.28. The number of amides is 1. The van der Waals surface area contributed by atoms with Crippen molar-refractivity contribution >= 4 is 17.7 Å². The first-order valence-corrected chi connectivity index (χ1v) is 9.11. The van der Waals surface area contributed by atoms with Gasteiger partial charge in [-0.05, 0) is 38.1 Å². The summed E-state index contributed by atoms with van der Waals surface area (Å²) in [6.45, 7) is 5.16. The van der Waals surface area contributed by atoms with Gasteiger partial charge in [-0.2, -0.15) is 5.26 Å². The molecule has 1 amide bonds. The quantitative estimate of drug-likeness (QED) is 0.839. The molecule has 2 atom stereocenters. The van der Waals surface area contributed by atoms with E-state index in [4.69, 9.17) is 4.74 Å². The van der Waals surface area contributed by atoms with E-state index in [1.165, 1.54) is 11.8 Å². The molecule has 1 saturated heterocycles. The van der Waals surface area contributed by atoms with E-state index < -0.39 is 0 Å². The summed E-state index contributed by atoms with van der Waals surface area (Å²) < 4.78 is 5.72. The van der Waals surface area contributed by atoms with Crippen molar-refractivity contribution < 1.29 is 9.53 Å². The Bertz CT molecular complexity index is 805.